The summed E-state index contributed by atoms with van der Waals surface area (Å²) in [6, 6.07) is 18.8. The fraction of sp³-hybridized carbons (Fsp3) is 0.594. The zero-order valence-electron chi connectivity index (χ0n) is 23.3. The molecule has 36 heavy (non-hydrogen) atoms. The molecule has 0 spiro atoms. The zero-order valence-corrected chi connectivity index (χ0v) is 23.3. The van der Waals surface area contributed by atoms with Crippen molar-refractivity contribution in [1.82, 2.24) is 0 Å². The Hall–Kier alpha value is -2.33. The van der Waals surface area contributed by atoms with Crippen LogP contribution in [0.3, 0.4) is 0 Å². The van der Waals surface area contributed by atoms with Crippen LogP contribution in [0.2, 0.25) is 0 Å². The molecule has 1 unspecified atom stereocenters. The minimum absolute atomic E-state index is 0.189. The first-order valence-corrected chi connectivity index (χ1v) is 14.2. The average Bonchev–Trinajstić information content (AvgIpc) is 2.84. The van der Waals surface area contributed by atoms with E-state index in [2.05, 4.69) is 63.5 Å². The van der Waals surface area contributed by atoms with Crippen molar-refractivity contribution in [1.29, 1.82) is 0 Å². The van der Waals surface area contributed by atoms with E-state index in [4.69, 9.17) is 9.47 Å². The lowest BCUT2D eigenvalue weighted by Crippen LogP contribution is -2.39. The lowest BCUT2D eigenvalue weighted by molar-refractivity contribution is -0.903. The second kappa shape index (κ2) is 17.2. The third-order valence-corrected chi connectivity index (χ3v) is 6.66. The number of hydrogen-bond donors (Lipinski definition) is 0. The van der Waals surface area contributed by atoms with Crippen LogP contribution in [0.15, 0.2) is 54.6 Å². The first-order chi connectivity index (χ1) is 17.4. The van der Waals surface area contributed by atoms with Crippen LogP contribution >= 0.6 is 0 Å². The van der Waals surface area contributed by atoms with Crippen LogP contribution in [0, 0.1) is 0 Å². The van der Waals surface area contributed by atoms with Crippen LogP contribution < -0.4 is 4.74 Å². The maximum atomic E-state index is 12.3. The summed E-state index contributed by atoms with van der Waals surface area (Å²) in [7, 11) is 4.48. The molecule has 0 fully saturated rings. The van der Waals surface area contributed by atoms with E-state index in [1.807, 2.05) is 12.1 Å². The van der Waals surface area contributed by atoms with E-state index in [1.54, 1.807) is 6.92 Å². The van der Waals surface area contributed by atoms with Gasteiger partial charge in [-0.05, 0) is 43.4 Å². The Morgan fingerprint density at radius 2 is 1.47 bits per heavy atom. The van der Waals surface area contributed by atoms with Gasteiger partial charge in [0.25, 0.3) is 0 Å². The molecule has 0 aromatic heterocycles. The Morgan fingerprint density at radius 3 is 2.19 bits per heavy atom. The fourth-order valence-corrected chi connectivity index (χ4v) is 4.66. The van der Waals surface area contributed by atoms with E-state index < -0.39 is 6.29 Å². The molecule has 0 heterocycles. The van der Waals surface area contributed by atoms with Gasteiger partial charge in [-0.1, -0.05) is 94.3 Å². The summed E-state index contributed by atoms with van der Waals surface area (Å²) in [5.41, 5.74) is 2.63. The van der Waals surface area contributed by atoms with Gasteiger partial charge in [0.1, 0.15) is 12.3 Å². The highest BCUT2D eigenvalue weighted by Gasteiger charge is 2.16. The molecule has 2 aromatic rings. The second-order valence-corrected chi connectivity index (χ2v) is 10.8. The third kappa shape index (κ3) is 13.7. The SMILES string of the molecule is CCCCCCCCCCc1cccc(OC(C)OC(=O)CCCC[N+](C)(C)Cc2ccccc2)c1. The Labute approximate surface area is 220 Å². The molecule has 0 aliphatic heterocycles. The Kier molecular flexibility index (Phi) is 14.3. The maximum absolute atomic E-state index is 12.3. The largest absolute Gasteiger partial charge is 0.455 e. The van der Waals surface area contributed by atoms with E-state index in [9.17, 15) is 4.79 Å². The number of quaternary nitrogens is 1. The molecule has 0 aliphatic carbocycles. The minimum Gasteiger partial charge on any atom is -0.455 e. The van der Waals surface area contributed by atoms with Crippen molar-refractivity contribution in [2.75, 3.05) is 20.6 Å². The molecule has 0 N–H and O–H groups in total. The monoisotopic (exact) mass is 496 g/mol. The highest BCUT2D eigenvalue weighted by atomic mass is 16.7. The van der Waals surface area contributed by atoms with E-state index in [0.29, 0.717) is 6.42 Å². The number of hydrogen-bond acceptors (Lipinski definition) is 3. The van der Waals surface area contributed by atoms with Crippen molar-refractivity contribution < 1.29 is 18.8 Å². The number of carbonyl (C=O) groups excluding carboxylic acids is 1. The third-order valence-electron chi connectivity index (χ3n) is 6.66. The number of rotatable bonds is 19. The van der Waals surface area contributed by atoms with E-state index >= 15 is 0 Å². The number of ether oxygens (including phenoxy) is 2. The van der Waals surface area contributed by atoms with Gasteiger partial charge in [-0.2, -0.15) is 0 Å². The molecule has 0 amide bonds. The van der Waals surface area contributed by atoms with E-state index in [0.717, 1.165) is 42.6 Å². The molecule has 0 aliphatic rings. The lowest BCUT2D eigenvalue weighted by atomic mass is 10.0. The fourth-order valence-electron chi connectivity index (χ4n) is 4.66. The second-order valence-electron chi connectivity index (χ2n) is 10.8. The molecule has 0 bridgehead atoms. The van der Waals surface area contributed by atoms with Gasteiger partial charge in [-0.25, -0.2) is 0 Å². The summed E-state index contributed by atoms with van der Waals surface area (Å²) in [4.78, 5) is 12.3. The lowest BCUT2D eigenvalue weighted by Gasteiger charge is -2.30. The molecule has 0 saturated carbocycles. The van der Waals surface area contributed by atoms with Crippen molar-refractivity contribution in [3.05, 3.63) is 65.7 Å². The molecule has 2 aromatic carbocycles. The van der Waals surface area contributed by atoms with Crippen molar-refractivity contribution in [3.8, 4) is 5.75 Å². The van der Waals surface area contributed by atoms with Crippen molar-refractivity contribution >= 4 is 5.97 Å². The van der Waals surface area contributed by atoms with Crippen LogP contribution in [0.1, 0.15) is 95.6 Å². The first kappa shape index (κ1) is 29.9. The summed E-state index contributed by atoms with van der Waals surface area (Å²) >= 11 is 0. The number of aryl methyl sites for hydroxylation is 1. The smallest absolute Gasteiger partial charge is 0.308 e. The van der Waals surface area contributed by atoms with Crippen molar-refractivity contribution in [3.63, 3.8) is 0 Å². The molecule has 0 saturated heterocycles. The topological polar surface area (TPSA) is 35.5 Å². The quantitative estimate of drug-likeness (QED) is 0.0853. The highest BCUT2D eigenvalue weighted by Crippen LogP contribution is 2.18. The standard InChI is InChI=1S/C32H50NO3/c1-5-6-7-8-9-10-11-13-19-29-22-18-23-31(26-29)35-28(2)36-32(34)24-16-17-25-33(3,4)27-30-20-14-12-15-21-30/h12,14-15,18,20-23,26,28H,5-11,13,16-17,19,24-25,27H2,1-4H3/q+1. The predicted octanol–water partition coefficient (Wildman–Crippen LogP) is 8.08. The molecule has 200 valence electrons. The molecular formula is C32H50NO3+. The molecule has 1 atom stereocenters. The van der Waals surface area contributed by atoms with Crippen LogP contribution in [0.25, 0.3) is 0 Å². The van der Waals surface area contributed by atoms with Gasteiger partial charge >= 0.3 is 5.97 Å². The summed E-state index contributed by atoms with van der Waals surface area (Å²) in [6.45, 7) is 6.08. The van der Waals surface area contributed by atoms with Gasteiger partial charge in [0.15, 0.2) is 0 Å². The molecular weight excluding hydrogens is 446 g/mol. The summed E-state index contributed by atoms with van der Waals surface area (Å²) in [5, 5.41) is 0. The Balaban J connectivity index is 1.60. The van der Waals surface area contributed by atoms with Gasteiger partial charge in [0.05, 0.1) is 20.6 Å². The number of benzene rings is 2. The zero-order chi connectivity index (χ0) is 26.1. The number of carbonyl (C=O) groups is 1. The first-order valence-electron chi connectivity index (χ1n) is 14.2. The maximum Gasteiger partial charge on any atom is 0.308 e. The van der Waals surface area contributed by atoms with E-state index in [1.165, 1.54) is 62.5 Å². The summed E-state index contributed by atoms with van der Waals surface area (Å²) in [5.74, 6) is 0.582. The van der Waals surface area contributed by atoms with Gasteiger partial charge in [-0.3, -0.25) is 4.79 Å². The van der Waals surface area contributed by atoms with Crippen LogP contribution in [0.4, 0.5) is 0 Å². The molecule has 4 heteroatoms. The summed E-state index contributed by atoms with van der Waals surface area (Å²) < 4.78 is 12.3. The normalized spacial score (nSPS) is 12.3. The van der Waals surface area contributed by atoms with Crippen LogP contribution in [-0.4, -0.2) is 37.4 Å². The van der Waals surface area contributed by atoms with Crippen molar-refractivity contribution in [2.45, 2.75) is 104 Å². The van der Waals surface area contributed by atoms with Crippen molar-refractivity contribution in [2.24, 2.45) is 0 Å². The summed E-state index contributed by atoms with van der Waals surface area (Å²) in [6.07, 6.45) is 13.4. The predicted molar refractivity (Wildman–Crippen MR) is 150 cm³/mol. The number of nitrogens with zero attached hydrogens (tertiary/aromatic N) is 1. The van der Waals surface area contributed by atoms with Gasteiger partial charge in [0, 0.05) is 18.9 Å². The highest BCUT2D eigenvalue weighted by molar-refractivity contribution is 5.69. The average molecular weight is 497 g/mol. The Bertz CT molecular complexity index is 849. The van der Waals surface area contributed by atoms with Gasteiger partial charge in [-0.15, -0.1) is 0 Å². The van der Waals surface area contributed by atoms with Gasteiger partial charge in [0.2, 0.25) is 6.29 Å². The van der Waals surface area contributed by atoms with E-state index in [-0.39, 0.29) is 5.97 Å². The minimum atomic E-state index is -0.582. The number of unbranched alkanes of at least 4 members (excludes halogenated alkanes) is 8. The Morgan fingerprint density at radius 1 is 0.806 bits per heavy atom. The van der Waals surface area contributed by atoms with Crippen LogP contribution in [0.5, 0.6) is 5.75 Å². The van der Waals surface area contributed by atoms with Gasteiger partial charge < -0.3 is 14.0 Å². The molecule has 0 radical (unpaired) electrons. The van der Waals surface area contributed by atoms with Crippen LogP contribution in [-0.2, 0) is 22.5 Å². The molecule has 2 rings (SSSR count). The number of esters is 1. The molecule has 4 nitrogen and oxygen atoms in total.